The average Bonchev–Trinajstić information content (AvgIpc) is 3.57. The second-order valence-corrected chi connectivity index (χ2v) is 12.2. The third-order valence-corrected chi connectivity index (χ3v) is 9.63. The van der Waals surface area contributed by atoms with Gasteiger partial charge in [-0.1, -0.05) is 29.8 Å². The molecule has 0 radical (unpaired) electrons. The quantitative estimate of drug-likeness (QED) is 0.390. The van der Waals surface area contributed by atoms with Crippen LogP contribution in [0.25, 0.3) is 0 Å². The Labute approximate surface area is 216 Å². The summed E-state index contributed by atoms with van der Waals surface area (Å²) in [5.41, 5.74) is 0.793. The molecule has 1 aromatic heterocycles. The maximum Gasteiger partial charge on any atom is 0.416 e. The summed E-state index contributed by atoms with van der Waals surface area (Å²) in [4.78, 5) is 16.0. The fraction of sp³-hybridized carbons (Fsp3) is 0.320. The topological polar surface area (TPSA) is 57.7 Å². The van der Waals surface area contributed by atoms with E-state index < -0.39 is 51.2 Å². The molecule has 1 amide bonds. The molecule has 1 saturated carbocycles. The van der Waals surface area contributed by atoms with Crippen molar-refractivity contribution in [2.24, 2.45) is 0 Å². The second kappa shape index (κ2) is 9.48. The number of sulfonamides is 1. The Hall–Kier alpha value is -2.40. The monoisotopic (exact) mass is 554 g/mol. The number of alkyl halides is 3. The van der Waals surface area contributed by atoms with Crippen molar-refractivity contribution < 1.29 is 26.4 Å². The van der Waals surface area contributed by atoms with Crippen LogP contribution in [0.1, 0.15) is 40.5 Å². The molecule has 2 aromatic carbocycles. The molecule has 0 spiro atoms. The molecule has 3 aromatic rings. The zero-order valence-corrected chi connectivity index (χ0v) is 21.3. The van der Waals surface area contributed by atoms with E-state index in [2.05, 4.69) is 0 Å². The second-order valence-electron chi connectivity index (χ2n) is 8.90. The zero-order valence-electron chi connectivity index (χ0n) is 18.9. The molecule has 0 saturated heterocycles. The van der Waals surface area contributed by atoms with Crippen molar-refractivity contribution in [1.82, 2.24) is 9.21 Å². The number of benzene rings is 2. The molecule has 1 aliphatic heterocycles. The van der Waals surface area contributed by atoms with Crippen molar-refractivity contribution in [1.29, 1.82) is 0 Å². The molecule has 1 aliphatic carbocycles. The first-order valence-corrected chi connectivity index (χ1v) is 14.1. The van der Waals surface area contributed by atoms with Crippen molar-refractivity contribution in [2.45, 2.75) is 42.4 Å². The number of carbonyl (C=O) groups excluding carboxylic acids is 1. The summed E-state index contributed by atoms with van der Waals surface area (Å²) in [6.45, 7) is -0.0332. The summed E-state index contributed by atoms with van der Waals surface area (Å²) in [7, 11) is -4.32. The highest BCUT2D eigenvalue weighted by molar-refractivity contribution is 7.89. The van der Waals surface area contributed by atoms with E-state index in [0.717, 1.165) is 38.5 Å². The number of amides is 1. The molecule has 1 fully saturated rings. The van der Waals surface area contributed by atoms with E-state index in [1.165, 1.54) is 0 Å². The fourth-order valence-electron chi connectivity index (χ4n) is 4.55. The molecule has 1 atom stereocenters. The van der Waals surface area contributed by atoms with E-state index in [0.29, 0.717) is 36.9 Å². The molecule has 2 aliphatic rings. The van der Waals surface area contributed by atoms with Gasteiger partial charge in [0.1, 0.15) is 0 Å². The fourth-order valence-corrected chi connectivity index (χ4v) is 7.27. The molecule has 1 unspecified atom stereocenters. The van der Waals surface area contributed by atoms with Gasteiger partial charge in [0.25, 0.3) is 0 Å². The van der Waals surface area contributed by atoms with Crippen molar-refractivity contribution in [3.63, 3.8) is 0 Å². The van der Waals surface area contributed by atoms with Gasteiger partial charge in [-0.15, -0.1) is 11.3 Å². The average molecular weight is 555 g/mol. The standard InChI is InChI=1S/C25H22ClF3N2O3S2/c26-18-6-4-16(5-7-18)24-21-11-13-35-22(21)10-12-30(24)23(32)15-31(19-8-9-19)36(33,34)20-3-1-2-17(14-20)25(27,28)29/h1-7,11,13-14,19,24H,8-10,12,15H2. The number of nitrogens with zero attached hydrogens (tertiary/aromatic N) is 2. The zero-order chi connectivity index (χ0) is 25.7. The molecule has 11 heteroatoms. The number of rotatable bonds is 6. The molecule has 0 bridgehead atoms. The van der Waals surface area contributed by atoms with Crippen molar-refractivity contribution in [2.75, 3.05) is 13.1 Å². The Morgan fingerprint density at radius 1 is 1.11 bits per heavy atom. The highest BCUT2D eigenvalue weighted by Gasteiger charge is 2.42. The van der Waals surface area contributed by atoms with E-state index in [4.69, 9.17) is 11.6 Å². The van der Waals surface area contributed by atoms with Gasteiger partial charge in [-0.3, -0.25) is 4.79 Å². The Morgan fingerprint density at radius 3 is 2.50 bits per heavy atom. The first kappa shape index (κ1) is 25.3. The van der Waals surface area contributed by atoms with Crippen molar-refractivity contribution in [3.05, 3.63) is 86.6 Å². The summed E-state index contributed by atoms with van der Waals surface area (Å²) in [6, 6.07) is 12.0. The number of thiophene rings is 1. The lowest BCUT2D eigenvalue weighted by molar-refractivity contribution is -0.137. The van der Waals surface area contributed by atoms with E-state index >= 15 is 0 Å². The minimum atomic E-state index is -4.68. The third-order valence-electron chi connectivity index (χ3n) is 6.49. The predicted octanol–water partition coefficient (Wildman–Crippen LogP) is 5.75. The van der Waals surface area contributed by atoms with Gasteiger partial charge in [0.05, 0.1) is 23.0 Å². The molecule has 5 rings (SSSR count). The Balaban J connectivity index is 1.46. The van der Waals surface area contributed by atoms with Crippen LogP contribution in [0.2, 0.25) is 5.02 Å². The molecular weight excluding hydrogens is 533 g/mol. The number of hydrogen-bond acceptors (Lipinski definition) is 4. The number of fused-ring (bicyclic) bond motifs is 1. The summed E-state index contributed by atoms with van der Waals surface area (Å²) < 4.78 is 67.6. The van der Waals surface area contributed by atoms with Crippen LogP contribution in [-0.2, 0) is 27.4 Å². The lowest BCUT2D eigenvalue weighted by Gasteiger charge is -2.37. The first-order valence-electron chi connectivity index (χ1n) is 11.4. The Morgan fingerprint density at radius 2 is 1.83 bits per heavy atom. The van der Waals surface area contributed by atoms with Gasteiger partial charge >= 0.3 is 6.18 Å². The predicted molar refractivity (Wildman–Crippen MR) is 131 cm³/mol. The molecule has 5 nitrogen and oxygen atoms in total. The Kier molecular flexibility index (Phi) is 6.65. The van der Waals surface area contributed by atoms with Gasteiger partial charge in [-0.2, -0.15) is 17.5 Å². The smallest absolute Gasteiger partial charge is 0.330 e. The first-order chi connectivity index (χ1) is 17.1. The minimum absolute atomic E-state index is 0.394. The molecule has 2 heterocycles. The van der Waals surface area contributed by atoms with E-state index in [9.17, 15) is 26.4 Å². The van der Waals surface area contributed by atoms with Gasteiger partial charge in [-0.05, 0) is 72.2 Å². The van der Waals surface area contributed by atoms with Gasteiger partial charge in [0.15, 0.2) is 0 Å². The Bertz CT molecular complexity index is 1390. The lowest BCUT2D eigenvalue weighted by atomic mass is 9.93. The molecule has 36 heavy (non-hydrogen) atoms. The van der Waals surface area contributed by atoms with Crippen LogP contribution >= 0.6 is 22.9 Å². The van der Waals surface area contributed by atoms with Crippen LogP contribution in [0.3, 0.4) is 0 Å². The lowest BCUT2D eigenvalue weighted by Crippen LogP contribution is -2.47. The van der Waals surface area contributed by atoms with Crippen LogP contribution in [-0.4, -0.2) is 42.7 Å². The highest BCUT2D eigenvalue weighted by Crippen LogP contribution is 2.39. The van der Waals surface area contributed by atoms with Crippen molar-refractivity contribution >= 4 is 38.9 Å². The molecule has 0 N–H and O–H groups in total. The maximum absolute atomic E-state index is 13.6. The van der Waals surface area contributed by atoms with Crippen LogP contribution in [0.15, 0.2) is 64.9 Å². The highest BCUT2D eigenvalue weighted by atomic mass is 35.5. The van der Waals surface area contributed by atoms with Crippen molar-refractivity contribution in [3.8, 4) is 0 Å². The SMILES string of the molecule is O=C(CN(C1CC1)S(=O)(=O)c1cccc(C(F)(F)F)c1)N1CCc2sccc2C1c1ccc(Cl)cc1. The summed E-state index contributed by atoms with van der Waals surface area (Å²) >= 11 is 7.68. The minimum Gasteiger partial charge on any atom is -0.330 e. The van der Waals surface area contributed by atoms with Crippen LogP contribution in [0, 0.1) is 0 Å². The number of carbonyl (C=O) groups is 1. The van der Waals surface area contributed by atoms with Crippen LogP contribution in [0.5, 0.6) is 0 Å². The van der Waals surface area contributed by atoms with E-state index in [-0.39, 0.29) is 0 Å². The third kappa shape index (κ3) is 4.91. The largest absolute Gasteiger partial charge is 0.416 e. The summed E-state index contributed by atoms with van der Waals surface area (Å²) in [5, 5.41) is 2.53. The van der Waals surface area contributed by atoms with Crippen LogP contribution < -0.4 is 0 Å². The van der Waals surface area contributed by atoms with Gasteiger partial charge in [-0.25, -0.2) is 8.42 Å². The van der Waals surface area contributed by atoms with Gasteiger partial charge in [0, 0.05) is 22.5 Å². The number of halogens is 4. The molecule has 190 valence electrons. The summed E-state index contributed by atoms with van der Waals surface area (Å²) in [6.07, 6.45) is -2.92. The van der Waals surface area contributed by atoms with Crippen LogP contribution in [0.4, 0.5) is 13.2 Å². The number of hydrogen-bond donors (Lipinski definition) is 0. The van der Waals surface area contributed by atoms with Gasteiger partial charge in [0.2, 0.25) is 15.9 Å². The maximum atomic E-state index is 13.6. The normalized spacial score (nSPS) is 18.4. The summed E-state index contributed by atoms with van der Waals surface area (Å²) in [5.74, 6) is -0.394. The van der Waals surface area contributed by atoms with E-state index in [1.807, 2.05) is 23.6 Å². The van der Waals surface area contributed by atoms with E-state index in [1.54, 1.807) is 28.4 Å². The molecular formula is C25H22ClF3N2O3S2. The van der Waals surface area contributed by atoms with Gasteiger partial charge < -0.3 is 4.90 Å².